The van der Waals surface area contributed by atoms with Crippen molar-refractivity contribution < 1.29 is 8.78 Å². The lowest BCUT2D eigenvalue weighted by atomic mass is 10.0. The summed E-state index contributed by atoms with van der Waals surface area (Å²) < 4.78 is 28.2. The van der Waals surface area contributed by atoms with Crippen molar-refractivity contribution in [2.75, 3.05) is 40.0 Å². The molecule has 0 amide bonds. The Hall–Kier alpha value is -1.34. The predicted octanol–water partition coefficient (Wildman–Crippen LogP) is 2.63. The standard InChI is InChI=1S/C17H26F2N4S/c1-20-17(21-10-12-6-5-9-24-12)22-11-15(23(2)3)16-13(18)7-4-8-14(16)19/h4,7-8,12,15H,5-6,9-11H2,1-3H3,(H2,20,21,22). The van der Waals surface area contributed by atoms with Gasteiger partial charge in [0.2, 0.25) is 0 Å². The van der Waals surface area contributed by atoms with Crippen molar-refractivity contribution in [3.05, 3.63) is 35.4 Å². The second-order valence-corrected chi connectivity index (χ2v) is 7.49. The van der Waals surface area contributed by atoms with E-state index in [1.807, 2.05) is 25.9 Å². The minimum absolute atomic E-state index is 0.0804. The highest BCUT2D eigenvalue weighted by molar-refractivity contribution is 8.00. The number of rotatable bonds is 6. The molecule has 0 saturated carbocycles. The van der Waals surface area contributed by atoms with Gasteiger partial charge in [-0.25, -0.2) is 8.78 Å². The molecule has 1 saturated heterocycles. The third-order valence-corrected chi connectivity index (χ3v) is 5.56. The highest BCUT2D eigenvalue weighted by Crippen LogP contribution is 2.25. The Morgan fingerprint density at radius 2 is 2.04 bits per heavy atom. The molecule has 2 rings (SSSR count). The summed E-state index contributed by atoms with van der Waals surface area (Å²) in [6.07, 6.45) is 2.48. The van der Waals surface area contributed by atoms with Crippen molar-refractivity contribution in [1.29, 1.82) is 0 Å². The van der Waals surface area contributed by atoms with Crippen molar-refractivity contribution in [2.45, 2.75) is 24.1 Å². The van der Waals surface area contributed by atoms with E-state index < -0.39 is 17.7 Å². The highest BCUT2D eigenvalue weighted by atomic mass is 32.2. The number of nitrogens with zero attached hydrogens (tertiary/aromatic N) is 2. The number of hydrogen-bond acceptors (Lipinski definition) is 3. The molecule has 2 atom stereocenters. The number of aliphatic imine (C=N–C) groups is 1. The molecule has 0 spiro atoms. The lowest BCUT2D eigenvalue weighted by molar-refractivity contribution is 0.282. The molecule has 24 heavy (non-hydrogen) atoms. The molecule has 4 nitrogen and oxygen atoms in total. The third kappa shape index (κ3) is 5.08. The maximum absolute atomic E-state index is 14.1. The van der Waals surface area contributed by atoms with Gasteiger partial charge < -0.3 is 15.5 Å². The Morgan fingerprint density at radius 3 is 2.58 bits per heavy atom. The first-order valence-corrected chi connectivity index (χ1v) is 9.24. The first-order valence-electron chi connectivity index (χ1n) is 8.19. The van der Waals surface area contributed by atoms with Gasteiger partial charge in [0.1, 0.15) is 11.6 Å². The van der Waals surface area contributed by atoms with E-state index in [9.17, 15) is 8.78 Å². The monoisotopic (exact) mass is 356 g/mol. The molecule has 134 valence electrons. The Kier molecular flexibility index (Phi) is 7.30. The number of guanidine groups is 1. The number of benzene rings is 1. The van der Waals surface area contributed by atoms with E-state index in [4.69, 9.17) is 0 Å². The van der Waals surface area contributed by atoms with Gasteiger partial charge in [-0.05, 0) is 44.8 Å². The Bertz CT molecular complexity index is 539. The van der Waals surface area contributed by atoms with Crippen LogP contribution in [0.5, 0.6) is 0 Å². The molecule has 0 radical (unpaired) electrons. The van der Waals surface area contributed by atoms with Crippen LogP contribution in [-0.4, -0.2) is 56.1 Å². The first kappa shape index (κ1) is 19.0. The Morgan fingerprint density at radius 1 is 1.33 bits per heavy atom. The molecular weight excluding hydrogens is 330 g/mol. The summed E-state index contributed by atoms with van der Waals surface area (Å²) in [5.74, 6) is 0.820. The van der Waals surface area contributed by atoms with E-state index in [0.29, 0.717) is 17.8 Å². The van der Waals surface area contributed by atoms with Gasteiger partial charge in [-0.2, -0.15) is 11.8 Å². The zero-order valence-corrected chi connectivity index (χ0v) is 15.3. The van der Waals surface area contributed by atoms with Gasteiger partial charge in [-0.15, -0.1) is 0 Å². The topological polar surface area (TPSA) is 39.7 Å². The van der Waals surface area contributed by atoms with Crippen LogP contribution in [0.2, 0.25) is 0 Å². The van der Waals surface area contributed by atoms with Crippen LogP contribution in [0.4, 0.5) is 8.78 Å². The number of nitrogens with one attached hydrogen (secondary N) is 2. The van der Waals surface area contributed by atoms with Crippen LogP contribution in [-0.2, 0) is 0 Å². The van der Waals surface area contributed by atoms with Crippen molar-refractivity contribution in [2.24, 2.45) is 4.99 Å². The van der Waals surface area contributed by atoms with Gasteiger partial charge in [-0.3, -0.25) is 4.99 Å². The largest absolute Gasteiger partial charge is 0.355 e. The summed E-state index contributed by atoms with van der Waals surface area (Å²) in [5, 5.41) is 7.09. The second kappa shape index (κ2) is 9.22. The zero-order valence-electron chi connectivity index (χ0n) is 14.5. The lowest BCUT2D eigenvalue weighted by Gasteiger charge is -2.27. The summed E-state index contributed by atoms with van der Waals surface area (Å²) in [7, 11) is 5.32. The summed E-state index contributed by atoms with van der Waals surface area (Å²) in [6.45, 7) is 1.22. The van der Waals surface area contributed by atoms with Gasteiger partial charge in [0, 0.05) is 31.0 Å². The van der Waals surface area contributed by atoms with Gasteiger partial charge in [0.05, 0.1) is 6.04 Å². The van der Waals surface area contributed by atoms with Crippen molar-refractivity contribution in [3.8, 4) is 0 Å². The van der Waals surface area contributed by atoms with Crippen LogP contribution in [0.15, 0.2) is 23.2 Å². The van der Waals surface area contributed by atoms with E-state index in [1.54, 1.807) is 11.9 Å². The van der Waals surface area contributed by atoms with E-state index in [1.165, 1.54) is 36.8 Å². The predicted molar refractivity (Wildman–Crippen MR) is 97.6 cm³/mol. The Balaban J connectivity index is 1.97. The molecule has 1 aromatic carbocycles. The van der Waals surface area contributed by atoms with Gasteiger partial charge in [0.15, 0.2) is 5.96 Å². The SMILES string of the molecule is CN=C(NCC1CCCS1)NCC(c1c(F)cccc1F)N(C)C. The van der Waals surface area contributed by atoms with Crippen LogP contribution in [0.1, 0.15) is 24.4 Å². The van der Waals surface area contributed by atoms with Crippen LogP contribution in [0, 0.1) is 11.6 Å². The molecule has 2 unspecified atom stereocenters. The number of thioether (sulfide) groups is 1. The fraction of sp³-hybridized carbons (Fsp3) is 0.588. The first-order chi connectivity index (χ1) is 11.5. The molecule has 0 aliphatic carbocycles. The Labute approximate surface area is 147 Å². The summed E-state index contributed by atoms with van der Waals surface area (Å²) in [5.41, 5.74) is 0.0804. The minimum Gasteiger partial charge on any atom is -0.355 e. The smallest absolute Gasteiger partial charge is 0.191 e. The van der Waals surface area contributed by atoms with Crippen LogP contribution in [0.25, 0.3) is 0 Å². The lowest BCUT2D eigenvalue weighted by Crippen LogP contribution is -2.43. The van der Waals surface area contributed by atoms with Gasteiger partial charge in [-0.1, -0.05) is 6.07 Å². The van der Waals surface area contributed by atoms with Gasteiger partial charge in [0.25, 0.3) is 0 Å². The number of halogens is 2. The molecule has 0 bridgehead atoms. The number of hydrogen-bond donors (Lipinski definition) is 2. The molecule has 1 fully saturated rings. The number of likely N-dealkylation sites (N-methyl/N-ethyl adjacent to an activating group) is 1. The molecule has 1 heterocycles. The second-order valence-electron chi connectivity index (χ2n) is 6.08. The summed E-state index contributed by atoms with van der Waals surface area (Å²) in [6, 6.07) is 3.54. The van der Waals surface area contributed by atoms with Crippen LogP contribution < -0.4 is 10.6 Å². The molecule has 7 heteroatoms. The van der Waals surface area contributed by atoms with Crippen LogP contribution >= 0.6 is 11.8 Å². The molecule has 2 N–H and O–H groups in total. The zero-order chi connectivity index (χ0) is 17.5. The average Bonchev–Trinajstić information content (AvgIpc) is 3.05. The van der Waals surface area contributed by atoms with E-state index in [0.717, 1.165) is 6.54 Å². The van der Waals surface area contributed by atoms with Crippen molar-refractivity contribution in [1.82, 2.24) is 15.5 Å². The third-order valence-electron chi connectivity index (χ3n) is 4.16. The van der Waals surface area contributed by atoms with Gasteiger partial charge >= 0.3 is 0 Å². The molecule has 0 aromatic heterocycles. The summed E-state index contributed by atoms with van der Waals surface area (Å²) >= 11 is 1.97. The highest BCUT2D eigenvalue weighted by Gasteiger charge is 2.22. The summed E-state index contributed by atoms with van der Waals surface area (Å²) in [4.78, 5) is 6.00. The van der Waals surface area contributed by atoms with Crippen molar-refractivity contribution >= 4 is 17.7 Å². The maximum atomic E-state index is 14.1. The molecule has 1 aliphatic heterocycles. The fourth-order valence-electron chi connectivity index (χ4n) is 2.80. The molecular formula is C17H26F2N4S. The molecule has 1 aromatic rings. The van der Waals surface area contributed by atoms with E-state index in [2.05, 4.69) is 15.6 Å². The van der Waals surface area contributed by atoms with Crippen molar-refractivity contribution in [3.63, 3.8) is 0 Å². The average molecular weight is 356 g/mol. The maximum Gasteiger partial charge on any atom is 0.191 e. The molecule has 1 aliphatic rings. The normalized spacial score (nSPS) is 19.6. The quantitative estimate of drug-likeness (QED) is 0.607. The van der Waals surface area contributed by atoms with E-state index in [-0.39, 0.29) is 5.56 Å². The minimum atomic E-state index is -0.527. The van der Waals surface area contributed by atoms with Crippen LogP contribution in [0.3, 0.4) is 0 Å². The van der Waals surface area contributed by atoms with E-state index >= 15 is 0 Å². The fourth-order valence-corrected chi connectivity index (χ4v) is 4.00.